The summed E-state index contributed by atoms with van der Waals surface area (Å²) in [7, 11) is -8.13. The van der Waals surface area contributed by atoms with Gasteiger partial charge in [-0.1, -0.05) is 39.3 Å². The van der Waals surface area contributed by atoms with Crippen molar-refractivity contribution in [2.24, 2.45) is 0 Å². The van der Waals surface area contributed by atoms with Gasteiger partial charge in [-0.15, -0.1) is 0 Å². The standard InChI is InChI=1S/C6H18F2Si3/c1-9(2,3)11(7,8)10(4,5)6/h1-6H3. The summed E-state index contributed by atoms with van der Waals surface area (Å²) in [5, 5.41) is 0. The zero-order valence-corrected chi connectivity index (χ0v) is 11.3. The van der Waals surface area contributed by atoms with Crippen molar-refractivity contribution in [1.29, 1.82) is 0 Å². The van der Waals surface area contributed by atoms with E-state index < -0.39 is 23.0 Å². The molecule has 0 spiro atoms. The molecule has 0 amide bonds. The van der Waals surface area contributed by atoms with Gasteiger partial charge in [0.1, 0.15) is 15.2 Å². The Morgan fingerprint density at radius 1 is 0.636 bits per heavy atom. The van der Waals surface area contributed by atoms with Gasteiger partial charge in [0.25, 0.3) is 0 Å². The van der Waals surface area contributed by atoms with Crippen molar-refractivity contribution in [3.05, 3.63) is 0 Å². The summed E-state index contributed by atoms with van der Waals surface area (Å²) in [5.74, 6) is 0. The molecule has 0 unspecified atom stereocenters. The Balaban J connectivity index is 4.75. The van der Waals surface area contributed by atoms with Gasteiger partial charge in [-0.25, -0.2) is 0 Å². The third kappa shape index (κ3) is 2.22. The first-order valence-corrected chi connectivity index (χ1v) is 14.6. The van der Waals surface area contributed by atoms with E-state index in [9.17, 15) is 8.22 Å². The summed E-state index contributed by atoms with van der Waals surface area (Å²) in [4.78, 5) is 0. The predicted molar refractivity (Wildman–Crippen MR) is 54.7 cm³/mol. The molecule has 5 heteroatoms. The second-order valence-corrected chi connectivity index (χ2v) is 29.5. The fourth-order valence-electron chi connectivity index (χ4n) is 1.12. The molecule has 0 N–H and O–H groups in total. The number of halogens is 2. The second-order valence-electron chi connectivity index (χ2n) is 5.07. The van der Waals surface area contributed by atoms with Crippen LogP contribution in [0.5, 0.6) is 0 Å². The normalized spacial score (nSPS) is 15.3. The largest absolute Gasteiger partial charge is 0.384 e. The third-order valence-electron chi connectivity index (χ3n) is 1.88. The van der Waals surface area contributed by atoms with Gasteiger partial charge >= 0.3 is 7.78 Å². The Hall–Kier alpha value is 0.511. The van der Waals surface area contributed by atoms with Gasteiger partial charge in [0, 0.05) is 0 Å². The van der Waals surface area contributed by atoms with Crippen LogP contribution in [-0.4, -0.2) is 23.0 Å². The molecule has 0 saturated heterocycles. The van der Waals surface area contributed by atoms with Gasteiger partial charge in [-0.3, -0.25) is 8.22 Å². The maximum atomic E-state index is 13.7. The van der Waals surface area contributed by atoms with Crippen molar-refractivity contribution >= 4 is 23.0 Å². The van der Waals surface area contributed by atoms with Crippen LogP contribution in [0.25, 0.3) is 0 Å². The summed E-state index contributed by atoms with van der Waals surface area (Å²) < 4.78 is 27.4. The van der Waals surface area contributed by atoms with Crippen LogP contribution in [0, 0.1) is 0 Å². The molecule has 0 aliphatic rings. The highest BCUT2D eigenvalue weighted by Crippen LogP contribution is 2.30. The molecule has 11 heavy (non-hydrogen) atoms. The molecular formula is C6H18F2Si3. The SMILES string of the molecule is C[Si](C)(C)[Si](F)(F)[Si](C)(C)C. The zero-order valence-electron chi connectivity index (χ0n) is 8.26. The number of hydrogen-bond donors (Lipinski definition) is 0. The van der Waals surface area contributed by atoms with E-state index in [0.717, 1.165) is 0 Å². The maximum Gasteiger partial charge on any atom is 0.384 e. The smallest absolute Gasteiger partial charge is 0.280 e. The van der Waals surface area contributed by atoms with Crippen molar-refractivity contribution in [2.45, 2.75) is 39.3 Å². The van der Waals surface area contributed by atoms with Crippen LogP contribution < -0.4 is 0 Å². The van der Waals surface area contributed by atoms with Crippen LogP contribution in [0.3, 0.4) is 0 Å². The minimum Gasteiger partial charge on any atom is -0.280 e. The summed E-state index contributed by atoms with van der Waals surface area (Å²) in [6.07, 6.45) is 0. The maximum absolute atomic E-state index is 13.7. The van der Waals surface area contributed by atoms with E-state index in [1.807, 2.05) is 0 Å². The molecule has 0 radical (unpaired) electrons. The van der Waals surface area contributed by atoms with E-state index in [4.69, 9.17) is 0 Å². The Labute approximate surface area is 71.0 Å². The fourth-order valence-corrected chi connectivity index (χ4v) is 30.4. The number of rotatable bonds is 2. The average molecular weight is 212 g/mol. The molecular weight excluding hydrogens is 194 g/mol. The van der Waals surface area contributed by atoms with Crippen molar-refractivity contribution < 1.29 is 8.22 Å². The Morgan fingerprint density at radius 3 is 0.818 bits per heavy atom. The summed E-state index contributed by atoms with van der Waals surface area (Å²) in [6, 6.07) is 0. The lowest BCUT2D eigenvalue weighted by molar-refractivity contribution is 0.668. The first-order chi connectivity index (χ1) is 4.50. The molecule has 0 atom stereocenters. The van der Waals surface area contributed by atoms with Crippen molar-refractivity contribution in [1.82, 2.24) is 0 Å². The minimum atomic E-state index is -3.83. The van der Waals surface area contributed by atoms with Crippen LogP contribution in [-0.2, 0) is 0 Å². The van der Waals surface area contributed by atoms with Gasteiger partial charge < -0.3 is 0 Å². The third-order valence-corrected chi connectivity index (χ3v) is 30.5. The Morgan fingerprint density at radius 2 is 0.818 bits per heavy atom. The van der Waals surface area contributed by atoms with Gasteiger partial charge in [-0.05, 0) is 0 Å². The van der Waals surface area contributed by atoms with E-state index in [-0.39, 0.29) is 0 Å². The lowest BCUT2D eigenvalue weighted by Gasteiger charge is -2.34. The predicted octanol–water partition coefficient (Wildman–Crippen LogP) is 3.20. The molecule has 0 rings (SSSR count). The van der Waals surface area contributed by atoms with Crippen LogP contribution in [0.1, 0.15) is 0 Å². The van der Waals surface area contributed by atoms with Crippen LogP contribution >= 0.6 is 0 Å². The quantitative estimate of drug-likeness (QED) is 0.487. The first kappa shape index (κ1) is 11.5. The van der Waals surface area contributed by atoms with Crippen LogP contribution in [0.15, 0.2) is 0 Å². The Kier molecular flexibility index (Phi) is 2.90. The van der Waals surface area contributed by atoms with Gasteiger partial charge in [-0.2, -0.15) is 0 Å². The monoisotopic (exact) mass is 212 g/mol. The molecule has 0 heterocycles. The Bertz CT molecular complexity index is 127. The lowest BCUT2D eigenvalue weighted by Crippen LogP contribution is -2.65. The van der Waals surface area contributed by atoms with Crippen LogP contribution in [0.2, 0.25) is 39.3 Å². The van der Waals surface area contributed by atoms with Gasteiger partial charge in [0.05, 0.1) is 0 Å². The molecule has 0 bridgehead atoms. The minimum absolute atomic E-state index is 1.80. The summed E-state index contributed by atoms with van der Waals surface area (Å²) in [5.41, 5.74) is 0. The molecule has 0 aromatic heterocycles. The summed E-state index contributed by atoms with van der Waals surface area (Å²) in [6.45, 7) is 10.8. The molecule has 0 saturated carbocycles. The van der Waals surface area contributed by atoms with Gasteiger partial charge in [0.2, 0.25) is 0 Å². The van der Waals surface area contributed by atoms with Crippen molar-refractivity contribution in [2.75, 3.05) is 0 Å². The molecule has 68 valence electrons. The highest BCUT2D eigenvalue weighted by atomic mass is 29.7. The van der Waals surface area contributed by atoms with E-state index in [0.29, 0.717) is 0 Å². The summed E-state index contributed by atoms with van der Waals surface area (Å²) >= 11 is 0. The fraction of sp³-hybridized carbons (Fsp3) is 1.00. The second kappa shape index (κ2) is 2.77. The molecule has 0 aliphatic heterocycles. The number of hydrogen-bond acceptors (Lipinski definition) is 0. The average Bonchev–Trinajstić information content (AvgIpc) is 1.58. The molecule has 0 nitrogen and oxygen atoms in total. The topological polar surface area (TPSA) is 0 Å². The van der Waals surface area contributed by atoms with Crippen LogP contribution in [0.4, 0.5) is 8.22 Å². The molecule has 0 fully saturated rings. The van der Waals surface area contributed by atoms with E-state index in [1.54, 1.807) is 39.3 Å². The highest BCUT2D eigenvalue weighted by Gasteiger charge is 2.59. The van der Waals surface area contributed by atoms with Gasteiger partial charge in [0.15, 0.2) is 0 Å². The molecule has 0 aliphatic carbocycles. The van der Waals surface area contributed by atoms with Crippen molar-refractivity contribution in [3.63, 3.8) is 0 Å². The van der Waals surface area contributed by atoms with E-state index in [1.165, 1.54) is 0 Å². The highest BCUT2D eigenvalue weighted by molar-refractivity contribution is 7.64. The lowest BCUT2D eigenvalue weighted by atomic mass is 11.8. The zero-order chi connectivity index (χ0) is 9.50. The van der Waals surface area contributed by atoms with Crippen molar-refractivity contribution in [3.8, 4) is 0 Å². The molecule has 0 aromatic carbocycles. The first-order valence-electron chi connectivity index (χ1n) is 3.88. The van der Waals surface area contributed by atoms with E-state index >= 15 is 0 Å². The van der Waals surface area contributed by atoms with E-state index in [2.05, 4.69) is 0 Å². The molecule has 0 aromatic rings.